The first-order valence-electron chi connectivity index (χ1n) is 9.38. The fraction of sp³-hybridized carbons (Fsp3) is 0.0417. The number of benzene rings is 2. The molecule has 0 spiro atoms. The lowest BCUT2D eigenvalue weighted by Gasteiger charge is -2.14. The quantitative estimate of drug-likeness (QED) is 0.442. The molecule has 0 aliphatic heterocycles. The molecule has 1 N–H and O–H groups in total. The molecule has 3 aromatic heterocycles. The third-order valence-electron chi connectivity index (χ3n) is 4.82. The number of phenols is 1. The van der Waals surface area contributed by atoms with Gasteiger partial charge in [0.2, 0.25) is 0 Å². The van der Waals surface area contributed by atoms with Crippen LogP contribution < -0.4 is 9.47 Å². The van der Waals surface area contributed by atoms with Gasteiger partial charge in [-0.1, -0.05) is 30.3 Å². The highest BCUT2D eigenvalue weighted by Gasteiger charge is 2.15. The van der Waals surface area contributed by atoms with Crippen LogP contribution >= 0.6 is 0 Å². The van der Waals surface area contributed by atoms with E-state index in [0.29, 0.717) is 34.1 Å². The Balaban J connectivity index is 1.70. The maximum absolute atomic E-state index is 10.1. The van der Waals surface area contributed by atoms with E-state index in [1.165, 1.54) is 7.11 Å². The summed E-state index contributed by atoms with van der Waals surface area (Å²) in [4.78, 5) is 13.5. The molecule has 3 heterocycles. The second-order valence-corrected chi connectivity index (χ2v) is 6.70. The van der Waals surface area contributed by atoms with Crippen molar-refractivity contribution in [3.8, 4) is 34.3 Å². The van der Waals surface area contributed by atoms with Crippen LogP contribution in [0.4, 0.5) is 0 Å². The van der Waals surface area contributed by atoms with Gasteiger partial charge in [0, 0.05) is 34.8 Å². The zero-order valence-corrected chi connectivity index (χ0v) is 16.1. The predicted octanol–water partition coefficient (Wildman–Crippen LogP) is 5.35. The van der Waals surface area contributed by atoms with E-state index in [1.54, 1.807) is 30.6 Å². The van der Waals surface area contributed by atoms with Gasteiger partial charge in [-0.15, -0.1) is 0 Å². The molecule has 30 heavy (non-hydrogen) atoms. The highest BCUT2D eigenvalue weighted by Crippen LogP contribution is 2.39. The molecule has 5 aromatic rings. The van der Waals surface area contributed by atoms with Crippen molar-refractivity contribution in [3.63, 3.8) is 0 Å². The van der Waals surface area contributed by atoms with E-state index in [4.69, 9.17) is 14.5 Å². The van der Waals surface area contributed by atoms with E-state index in [9.17, 15) is 5.11 Å². The van der Waals surface area contributed by atoms with Crippen LogP contribution in [-0.4, -0.2) is 27.2 Å². The van der Waals surface area contributed by atoms with Crippen molar-refractivity contribution < 1.29 is 14.6 Å². The highest BCUT2D eigenvalue weighted by molar-refractivity contribution is 5.89. The molecule has 146 valence electrons. The van der Waals surface area contributed by atoms with Gasteiger partial charge in [-0.05, 0) is 30.3 Å². The van der Waals surface area contributed by atoms with Crippen molar-refractivity contribution in [1.82, 2.24) is 15.0 Å². The molecule has 0 radical (unpaired) electrons. The van der Waals surface area contributed by atoms with Crippen LogP contribution in [0.15, 0.2) is 79.1 Å². The maximum Gasteiger partial charge on any atom is 0.161 e. The van der Waals surface area contributed by atoms with E-state index < -0.39 is 0 Å². The number of aromatic hydroxyl groups is 1. The molecular formula is C24H17N3O3. The number of methoxy groups -OCH3 is 1. The molecule has 6 heteroatoms. The Labute approximate surface area is 172 Å². The zero-order chi connectivity index (χ0) is 20.5. The van der Waals surface area contributed by atoms with Gasteiger partial charge >= 0.3 is 0 Å². The standard InChI is InChI=1S/C24H17N3O3/c1-29-21-13-17-18(14-19(21)28)25-11-9-20(17)30-22-12-16-8-5-10-26-24(16)27-23(22)15-6-3-2-4-7-15/h2-14,28H,1H3. The van der Waals surface area contributed by atoms with Crippen LogP contribution in [0.25, 0.3) is 33.2 Å². The number of hydrogen-bond donors (Lipinski definition) is 1. The van der Waals surface area contributed by atoms with Gasteiger partial charge in [0.25, 0.3) is 0 Å². The number of hydrogen-bond acceptors (Lipinski definition) is 6. The van der Waals surface area contributed by atoms with Gasteiger partial charge in [-0.25, -0.2) is 9.97 Å². The van der Waals surface area contributed by atoms with Crippen LogP contribution in [0.3, 0.4) is 0 Å². The average molecular weight is 395 g/mol. The van der Waals surface area contributed by atoms with Crippen molar-refractivity contribution in [2.45, 2.75) is 0 Å². The summed E-state index contributed by atoms with van der Waals surface area (Å²) in [7, 11) is 1.51. The van der Waals surface area contributed by atoms with Gasteiger partial charge in [-0.2, -0.15) is 0 Å². The summed E-state index contributed by atoms with van der Waals surface area (Å²) in [5.74, 6) is 1.56. The van der Waals surface area contributed by atoms with Crippen molar-refractivity contribution in [2.24, 2.45) is 0 Å². The number of aromatic nitrogens is 3. The summed E-state index contributed by atoms with van der Waals surface area (Å²) in [5, 5.41) is 11.7. The third kappa shape index (κ3) is 3.14. The summed E-state index contributed by atoms with van der Waals surface area (Å²) in [6, 6.07) is 20.6. The molecule has 0 aliphatic carbocycles. The van der Waals surface area contributed by atoms with Gasteiger partial charge in [0.05, 0.1) is 12.6 Å². The Morgan fingerprint density at radius 3 is 2.50 bits per heavy atom. The molecule has 6 nitrogen and oxygen atoms in total. The Kier molecular flexibility index (Phi) is 4.37. The van der Waals surface area contributed by atoms with E-state index in [-0.39, 0.29) is 5.75 Å². The molecule has 0 saturated carbocycles. The number of nitrogens with zero attached hydrogens (tertiary/aromatic N) is 3. The van der Waals surface area contributed by atoms with E-state index in [0.717, 1.165) is 16.3 Å². The van der Waals surface area contributed by atoms with E-state index in [1.807, 2.05) is 48.5 Å². The lowest BCUT2D eigenvalue weighted by atomic mass is 10.1. The number of phenolic OH excluding ortho intramolecular Hbond substituents is 1. The summed E-state index contributed by atoms with van der Waals surface area (Å²) in [6.07, 6.45) is 3.36. The summed E-state index contributed by atoms with van der Waals surface area (Å²) < 4.78 is 11.6. The SMILES string of the molecule is COc1cc2c(Oc3cc4cccnc4nc3-c3ccccc3)ccnc2cc1O. The van der Waals surface area contributed by atoms with Crippen LogP contribution in [0.1, 0.15) is 0 Å². The summed E-state index contributed by atoms with van der Waals surface area (Å²) in [6.45, 7) is 0. The first-order chi connectivity index (χ1) is 14.7. The highest BCUT2D eigenvalue weighted by atomic mass is 16.5. The molecule has 0 bridgehead atoms. The smallest absolute Gasteiger partial charge is 0.161 e. The van der Waals surface area contributed by atoms with Gasteiger partial charge in [-0.3, -0.25) is 4.98 Å². The Bertz CT molecular complexity index is 1370. The molecule has 0 aliphatic rings. The zero-order valence-electron chi connectivity index (χ0n) is 16.1. The van der Waals surface area contributed by atoms with Gasteiger partial charge in [0.1, 0.15) is 11.4 Å². The number of fused-ring (bicyclic) bond motifs is 2. The lowest BCUT2D eigenvalue weighted by molar-refractivity contribution is 0.374. The molecule has 2 aromatic carbocycles. The molecular weight excluding hydrogens is 378 g/mol. The average Bonchev–Trinajstić information content (AvgIpc) is 2.79. The molecule has 0 unspecified atom stereocenters. The van der Waals surface area contributed by atoms with Crippen molar-refractivity contribution in [1.29, 1.82) is 0 Å². The second-order valence-electron chi connectivity index (χ2n) is 6.70. The maximum atomic E-state index is 10.1. The van der Waals surface area contributed by atoms with Crippen LogP contribution in [-0.2, 0) is 0 Å². The first kappa shape index (κ1) is 17.9. The monoisotopic (exact) mass is 395 g/mol. The first-order valence-corrected chi connectivity index (χ1v) is 9.38. The summed E-state index contributed by atoms with van der Waals surface area (Å²) >= 11 is 0. The second kappa shape index (κ2) is 7.33. The lowest BCUT2D eigenvalue weighted by Crippen LogP contribution is -1.95. The number of rotatable bonds is 4. The fourth-order valence-corrected chi connectivity index (χ4v) is 3.37. The van der Waals surface area contributed by atoms with Crippen molar-refractivity contribution in [2.75, 3.05) is 7.11 Å². The van der Waals surface area contributed by atoms with Crippen LogP contribution in [0.2, 0.25) is 0 Å². The molecule has 0 saturated heterocycles. The topological polar surface area (TPSA) is 77.4 Å². The number of ether oxygens (including phenoxy) is 2. The molecule has 0 fully saturated rings. The van der Waals surface area contributed by atoms with Gasteiger partial charge < -0.3 is 14.6 Å². The molecule has 0 atom stereocenters. The van der Waals surface area contributed by atoms with E-state index in [2.05, 4.69) is 9.97 Å². The molecule has 5 rings (SSSR count). The van der Waals surface area contributed by atoms with Gasteiger partial charge in [0.15, 0.2) is 22.9 Å². The normalized spacial score (nSPS) is 11.0. The Morgan fingerprint density at radius 2 is 1.67 bits per heavy atom. The van der Waals surface area contributed by atoms with Crippen molar-refractivity contribution in [3.05, 3.63) is 79.1 Å². The third-order valence-corrected chi connectivity index (χ3v) is 4.82. The summed E-state index contributed by atoms with van der Waals surface area (Å²) in [5.41, 5.74) is 2.86. The minimum Gasteiger partial charge on any atom is -0.504 e. The number of pyridine rings is 3. The Morgan fingerprint density at radius 1 is 0.800 bits per heavy atom. The molecule has 0 amide bonds. The minimum absolute atomic E-state index is 0.0260. The fourth-order valence-electron chi connectivity index (χ4n) is 3.37. The van der Waals surface area contributed by atoms with Crippen LogP contribution in [0.5, 0.6) is 23.0 Å². The van der Waals surface area contributed by atoms with Crippen molar-refractivity contribution >= 4 is 21.9 Å². The predicted molar refractivity (Wildman–Crippen MR) is 115 cm³/mol. The van der Waals surface area contributed by atoms with Crippen LogP contribution in [0, 0.1) is 0 Å². The van der Waals surface area contributed by atoms with E-state index >= 15 is 0 Å². The largest absolute Gasteiger partial charge is 0.504 e. The minimum atomic E-state index is 0.0260. The Hall–Kier alpha value is -4.19.